The molecule has 2 heterocycles. The predicted molar refractivity (Wildman–Crippen MR) is 77.8 cm³/mol. The molecule has 0 bridgehead atoms. The Morgan fingerprint density at radius 1 is 1.25 bits per heavy atom. The smallest absolute Gasteiger partial charge is 0.288 e. The lowest BCUT2D eigenvalue weighted by molar-refractivity contribution is -0.385. The second kappa shape index (κ2) is 4.61. The second-order valence-electron chi connectivity index (χ2n) is 4.46. The van der Waals surface area contributed by atoms with Crippen LogP contribution in [-0.2, 0) is 7.05 Å². The Labute approximate surface area is 119 Å². The highest BCUT2D eigenvalue weighted by molar-refractivity contribution is 6.30. The standard InChI is InChI=1S/C14H10ClN3O2/c1-17-13(9-2-4-11(15)5-3-9)7-10-6-12(18(19)20)8-16-14(10)17/h2-8H,1H3. The summed E-state index contributed by atoms with van der Waals surface area (Å²) in [5, 5.41) is 12.2. The third kappa shape index (κ3) is 2.02. The number of aromatic nitrogens is 2. The van der Waals surface area contributed by atoms with Gasteiger partial charge < -0.3 is 4.57 Å². The average Bonchev–Trinajstić information content (AvgIpc) is 2.76. The first kappa shape index (κ1) is 12.6. The zero-order valence-corrected chi connectivity index (χ0v) is 11.3. The van der Waals surface area contributed by atoms with Crippen LogP contribution in [0.15, 0.2) is 42.6 Å². The Bertz CT molecular complexity index is 809. The zero-order chi connectivity index (χ0) is 14.3. The number of nitrogens with zero attached hydrogens (tertiary/aromatic N) is 3. The Hall–Kier alpha value is -2.40. The summed E-state index contributed by atoms with van der Waals surface area (Å²) >= 11 is 5.88. The van der Waals surface area contributed by atoms with Crippen LogP contribution in [0.2, 0.25) is 5.02 Å². The van der Waals surface area contributed by atoms with Gasteiger partial charge in [-0.25, -0.2) is 4.98 Å². The van der Waals surface area contributed by atoms with Gasteiger partial charge in [0.15, 0.2) is 0 Å². The molecule has 0 aliphatic heterocycles. The summed E-state index contributed by atoms with van der Waals surface area (Å²) in [6.07, 6.45) is 1.27. The van der Waals surface area contributed by atoms with E-state index in [0.29, 0.717) is 10.7 Å². The van der Waals surface area contributed by atoms with Gasteiger partial charge in [0, 0.05) is 23.5 Å². The highest BCUT2D eigenvalue weighted by Crippen LogP contribution is 2.28. The van der Waals surface area contributed by atoms with Crippen molar-refractivity contribution < 1.29 is 4.92 Å². The number of halogens is 1. The fourth-order valence-electron chi connectivity index (χ4n) is 2.21. The van der Waals surface area contributed by atoms with E-state index < -0.39 is 4.92 Å². The van der Waals surface area contributed by atoms with Crippen LogP contribution in [0.25, 0.3) is 22.3 Å². The molecular formula is C14H10ClN3O2. The van der Waals surface area contributed by atoms with Gasteiger partial charge in [0.05, 0.1) is 10.6 Å². The first-order chi connectivity index (χ1) is 9.56. The topological polar surface area (TPSA) is 61.0 Å². The molecule has 0 atom stereocenters. The quantitative estimate of drug-likeness (QED) is 0.532. The summed E-state index contributed by atoms with van der Waals surface area (Å²) < 4.78 is 1.91. The highest BCUT2D eigenvalue weighted by Gasteiger charge is 2.13. The summed E-state index contributed by atoms with van der Waals surface area (Å²) in [6, 6.07) is 10.9. The van der Waals surface area contributed by atoms with Gasteiger partial charge in [-0.3, -0.25) is 10.1 Å². The van der Waals surface area contributed by atoms with Crippen LogP contribution in [0.1, 0.15) is 0 Å². The van der Waals surface area contributed by atoms with Gasteiger partial charge in [-0.2, -0.15) is 0 Å². The van der Waals surface area contributed by atoms with Crippen molar-refractivity contribution in [3.05, 3.63) is 57.7 Å². The number of benzene rings is 1. The first-order valence-corrected chi connectivity index (χ1v) is 6.30. The van der Waals surface area contributed by atoms with Crippen LogP contribution in [0, 0.1) is 10.1 Å². The first-order valence-electron chi connectivity index (χ1n) is 5.92. The molecule has 0 radical (unpaired) electrons. The van der Waals surface area contributed by atoms with Crippen LogP contribution >= 0.6 is 11.6 Å². The van der Waals surface area contributed by atoms with Crippen LogP contribution < -0.4 is 0 Å². The average molecular weight is 288 g/mol. The minimum atomic E-state index is -0.443. The van der Waals surface area contributed by atoms with Crippen molar-refractivity contribution in [2.24, 2.45) is 7.05 Å². The van der Waals surface area contributed by atoms with E-state index in [1.165, 1.54) is 12.3 Å². The molecule has 2 aromatic heterocycles. The highest BCUT2D eigenvalue weighted by atomic mass is 35.5. The fourth-order valence-corrected chi connectivity index (χ4v) is 2.33. The normalized spacial score (nSPS) is 10.9. The van der Waals surface area contributed by atoms with E-state index in [1.54, 1.807) is 0 Å². The van der Waals surface area contributed by atoms with E-state index in [1.807, 2.05) is 41.9 Å². The summed E-state index contributed by atoms with van der Waals surface area (Å²) in [5.74, 6) is 0. The summed E-state index contributed by atoms with van der Waals surface area (Å²) in [7, 11) is 1.88. The third-order valence-electron chi connectivity index (χ3n) is 3.20. The third-order valence-corrected chi connectivity index (χ3v) is 3.45. The number of pyridine rings is 1. The number of nitro groups is 1. The van der Waals surface area contributed by atoms with Gasteiger partial charge in [0.25, 0.3) is 5.69 Å². The van der Waals surface area contributed by atoms with Gasteiger partial charge >= 0.3 is 0 Å². The van der Waals surface area contributed by atoms with Gasteiger partial charge in [-0.05, 0) is 23.8 Å². The molecule has 3 aromatic rings. The van der Waals surface area contributed by atoms with Crippen molar-refractivity contribution in [3.8, 4) is 11.3 Å². The van der Waals surface area contributed by atoms with E-state index in [4.69, 9.17) is 11.6 Å². The molecule has 0 fully saturated rings. The Balaban J connectivity index is 2.19. The van der Waals surface area contributed by atoms with Crippen LogP contribution in [0.4, 0.5) is 5.69 Å². The molecule has 1 aromatic carbocycles. The van der Waals surface area contributed by atoms with Crippen LogP contribution in [0.5, 0.6) is 0 Å². The van der Waals surface area contributed by atoms with E-state index in [-0.39, 0.29) is 5.69 Å². The number of hydrogen-bond donors (Lipinski definition) is 0. The lowest BCUT2D eigenvalue weighted by atomic mass is 10.1. The van der Waals surface area contributed by atoms with Crippen LogP contribution in [0.3, 0.4) is 0 Å². The molecule has 0 aliphatic rings. The molecule has 0 saturated heterocycles. The molecule has 6 heteroatoms. The SMILES string of the molecule is Cn1c(-c2ccc(Cl)cc2)cc2cc([N+](=O)[O-])cnc21. The van der Waals surface area contributed by atoms with Crippen molar-refractivity contribution in [1.29, 1.82) is 0 Å². The van der Waals surface area contributed by atoms with Gasteiger partial charge in [0.2, 0.25) is 0 Å². The molecule has 100 valence electrons. The molecule has 20 heavy (non-hydrogen) atoms. The minimum Gasteiger partial charge on any atom is -0.328 e. The zero-order valence-electron chi connectivity index (χ0n) is 10.6. The Morgan fingerprint density at radius 3 is 2.60 bits per heavy atom. The summed E-state index contributed by atoms with van der Waals surface area (Å²) in [6.45, 7) is 0. The molecule has 0 aliphatic carbocycles. The summed E-state index contributed by atoms with van der Waals surface area (Å²) in [4.78, 5) is 14.5. The maximum atomic E-state index is 10.8. The molecule has 0 N–H and O–H groups in total. The minimum absolute atomic E-state index is 0.00856. The maximum Gasteiger partial charge on any atom is 0.288 e. The van der Waals surface area contributed by atoms with E-state index in [0.717, 1.165) is 16.6 Å². The van der Waals surface area contributed by atoms with Gasteiger partial charge in [-0.1, -0.05) is 23.7 Å². The number of hydrogen-bond acceptors (Lipinski definition) is 3. The fraction of sp³-hybridized carbons (Fsp3) is 0.0714. The molecule has 0 amide bonds. The van der Waals surface area contributed by atoms with Crippen molar-refractivity contribution in [2.75, 3.05) is 0 Å². The van der Waals surface area contributed by atoms with Crippen molar-refractivity contribution in [2.45, 2.75) is 0 Å². The monoisotopic (exact) mass is 287 g/mol. The second-order valence-corrected chi connectivity index (χ2v) is 4.90. The largest absolute Gasteiger partial charge is 0.328 e. The number of fused-ring (bicyclic) bond motifs is 1. The van der Waals surface area contributed by atoms with E-state index >= 15 is 0 Å². The lowest BCUT2D eigenvalue weighted by Crippen LogP contribution is -1.94. The molecule has 5 nitrogen and oxygen atoms in total. The van der Waals surface area contributed by atoms with Gasteiger partial charge in [-0.15, -0.1) is 0 Å². The lowest BCUT2D eigenvalue weighted by Gasteiger charge is -2.03. The molecule has 3 rings (SSSR count). The Morgan fingerprint density at radius 2 is 1.95 bits per heavy atom. The number of rotatable bonds is 2. The van der Waals surface area contributed by atoms with E-state index in [2.05, 4.69) is 4.98 Å². The van der Waals surface area contributed by atoms with Crippen molar-refractivity contribution in [1.82, 2.24) is 9.55 Å². The van der Waals surface area contributed by atoms with Gasteiger partial charge in [0.1, 0.15) is 11.8 Å². The van der Waals surface area contributed by atoms with Crippen molar-refractivity contribution in [3.63, 3.8) is 0 Å². The summed E-state index contributed by atoms with van der Waals surface area (Å²) in [5.41, 5.74) is 2.62. The molecule has 0 saturated carbocycles. The molecule has 0 spiro atoms. The maximum absolute atomic E-state index is 10.8. The van der Waals surface area contributed by atoms with E-state index in [9.17, 15) is 10.1 Å². The number of aryl methyl sites for hydroxylation is 1. The molecular weight excluding hydrogens is 278 g/mol. The Kier molecular flexibility index (Phi) is 2.91. The van der Waals surface area contributed by atoms with Crippen LogP contribution in [-0.4, -0.2) is 14.5 Å². The predicted octanol–water partition coefficient (Wildman–Crippen LogP) is 3.80. The molecule has 0 unspecified atom stereocenters. The van der Waals surface area contributed by atoms with Crippen molar-refractivity contribution >= 4 is 28.3 Å².